The van der Waals surface area contributed by atoms with E-state index in [0.717, 1.165) is 42.8 Å². The number of urea groups is 1. The summed E-state index contributed by atoms with van der Waals surface area (Å²) in [5.74, 6) is 0.534. The first-order valence-corrected chi connectivity index (χ1v) is 10.6. The molecule has 0 radical (unpaired) electrons. The molecular weight excluding hydrogens is 383 g/mol. The molecule has 0 unspecified atom stereocenters. The number of rotatable bonds is 5. The van der Waals surface area contributed by atoms with E-state index in [0.29, 0.717) is 24.0 Å². The molecule has 1 saturated heterocycles. The Morgan fingerprint density at radius 1 is 1.37 bits per heavy atom. The number of piperidine rings is 1. The number of likely N-dealkylation sites (tertiary alicyclic amines) is 1. The zero-order valence-corrected chi connectivity index (χ0v) is 18.0. The summed E-state index contributed by atoms with van der Waals surface area (Å²) >= 11 is 0. The summed E-state index contributed by atoms with van der Waals surface area (Å²) in [5.41, 5.74) is 2.15. The maximum absolute atomic E-state index is 13.3. The van der Waals surface area contributed by atoms with Gasteiger partial charge in [0, 0.05) is 23.9 Å². The molecule has 4 atom stereocenters. The van der Waals surface area contributed by atoms with Crippen LogP contribution in [-0.4, -0.2) is 45.2 Å². The molecule has 4 rings (SSSR count). The van der Waals surface area contributed by atoms with Gasteiger partial charge in [-0.1, -0.05) is 13.0 Å². The molecule has 2 bridgehead atoms. The summed E-state index contributed by atoms with van der Waals surface area (Å²) in [7, 11) is 0. The lowest BCUT2D eigenvalue weighted by Gasteiger charge is -2.65. The van der Waals surface area contributed by atoms with E-state index in [9.17, 15) is 9.18 Å². The summed E-state index contributed by atoms with van der Waals surface area (Å²) in [5, 5.41) is 3.06. The second kappa shape index (κ2) is 7.95. The van der Waals surface area contributed by atoms with E-state index >= 15 is 0 Å². The zero-order chi connectivity index (χ0) is 21.5. The molecule has 7 heteroatoms. The van der Waals surface area contributed by atoms with Gasteiger partial charge in [0.1, 0.15) is 0 Å². The van der Waals surface area contributed by atoms with Crippen LogP contribution in [0.15, 0.2) is 30.6 Å². The van der Waals surface area contributed by atoms with Crippen LogP contribution in [0.25, 0.3) is 11.4 Å². The molecule has 30 heavy (non-hydrogen) atoms. The van der Waals surface area contributed by atoms with Crippen molar-refractivity contribution in [2.45, 2.75) is 64.6 Å². The monoisotopic (exact) mass is 412 g/mol. The summed E-state index contributed by atoms with van der Waals surface area (Å²) in [6, 6.07) is 5.78. The summed E-state index contributed by atoms with van der Waals surface area (Å²) in [4.78, 5) is 23.4. The first-order valence-electron chi connectivity index (χ1n) is 10.6. The fraction of sp³-hybridized carbons (Fsp3) is 0.522. The Balaban J connectivity index is 1.56. The number of benzene rings is 1. The van der Waals surface area contributed by atoms with Crippen molar-refractivity contribution in [3.63, 3.8) is 0 Å². The number of amides is 2. The summed E-state index contributed by atoms with van der Waals surface area (Å²) in [6.45, 7) is 8.90. The average molecular weight is 413 g/mol. The van der Waals surface area contributed by atoms with Gasteiger partial charge in [-0.25, -0.2) is 19.2 Å². The molecule has 2 aliphatic rings. The fourth-order valence-corrected chi connectivity index (χ4v) is 5.25. The molecule has 2 heterocycles. The minimum absolute atomic E-state index is 0.00607. The lowest BCUT2D eigenvalue weighted by atomic mass is 9.62. The number of carbonyl (C=O) groups excluding carboxylic acids is 1. The Labute approximate surface area is 176 Å². The highest BCUT2D eigenvalue weighted by molar-refractivity contribution is 5.92. The first-order chi connectivity index (χ1) is 14.3. The van der Waals surface area contributed by atoms with Gasteiger partial charge in [-0.3, -0.25) is 0 Å². The van der Waals surface area contributed by atoms with E-state index in [4.69, 9.17) is 4.74 Å². The van der Waals surface area contributed by atoms with E-state index in [-0.39, 0.29) is 23.7 Å². The molecule has 1 aliphatic carbocycles. The normalized spacial score (nSPS) is 26.1. The van der Waals surface area contributed by atoms with Gasteiger partial charge < -0.3 is 15.0 Å². The topological polar surface area (TPSA) is 67.3 Å². The molecule has 2 amide bonds. The Kier molecular flexibility index (Phi) is 5.49. The molecule has 1 aromatic carbocycles. The number of ether oxygens (including phenoxy) is 1. The molecule has 2 fully saturated rings. The molecule has 2 aromatic rings. The first kappa shape index (κ1) is 20.7. The van der Waals surface area contributed by atoms with Crippen molar-refractivity contribution in [1.82, 2.24) is 14.9 Å². The number of fused-ring (bicyclic) bond motifs is 2. The predicted octanol–water partition coefficient (Wildman–Crippen LogP) is 4.79. The maximum Gasteiger partial charge on any atom is 0.322 e. The zero-order valence-electron chi connectivity index (χ0n) is 18.0. The van der Waals surface area contributed by atoms with Crippen LogP contribution in [0.2, 0.25) is 0 Å². The number of anilines is 1. The maximum atomic E-state index is 13.3. The van der Waals surface area contributed by atoms with Crippen LogP contribution in [0.1, 0.15) is 45.6 Å². The number of hydrogen-bond donors (Lipinski definition) is 1. The molecular formula is C23H29FN4O2. The van der Waals surface area contributed by atoms with Crippen molar-refractivity contribution in [1.29, 1.82) is 0 Å². The van der Waals surface area contributed by atoms with Crippen LogP contribution in [0.5, 0.6) is 0 Å². The van der Waals surface area contributed by atoms with Crippen LogP contribution >= 0.6 is 0 Å². The number of nitrogens with one attached hydrogen (secondary N) is 1. The number of aryl methyl sites for hydroxylation is 1. The number of aromatic nitrogens is 2. The van der Waals surface area contributed by atoms with Crippen molar-refractivity contribution >= 4 is 11.7 Å². The molecule has 1 aliphatic heterocycles. The van der Waals surface area contributed by atoms with Gasteiger partial charge in [0.25, 0.3) is 0 Å². The molecule has 1 saturated carbocycles. The third kappa shape index (κ3) is 3.55. The number of hydrogen-bond acceptors (Lipinski definition) is 4. The van der Waals surface area contributed by atoms with Crippen molar-refractivity contribution in [2.75, 3.05) is 11.9 Å². The van der Waals surface area contributed by atoms with Crippen LogP contribution in [-0.2, 0) is 4.74 Å². The highest BCUT2D eigenvalue weighted by Gasteiger charge is 2.61. The van der Waals surface area contributed by atoms with Gasteiger partial charge >= 0.3 is 6.03 Å². The Bertz CT molecular complexity index is 935. The van der Waals surface area contributed by atoms with Gasteiger partial charge in [-0.05, 0) is 63.6 Å². The summed E-state index contributed by atoms with van der Waals surface area (Å²) in [6.07, 6.45) is 5.27. The smallest absolute Gasteiger partial charge is 0.322 e. The largest absolute Gasteiger partial charge is 0.376 e. The van der Waals surface area contributed by atoms with E-state index in [1.807, 2.05) is 36.9 Å². The molecule has 6 nitrogen and oxygen atoms in total. The number of carbonyl (C=O) groups is 1. The minimum atomic E-state index is -0.479. The van der Waals surface area contributed by atoms with Crippen molar-refractivity contribution in [3.8, 4) is 11.4 Å². The van der Waals surface area contributed by atoms with Gasteiger partial charge in [0.2, 0.25) is 0 Å². The number of halogens is 1. The molecule has 1 N–H and O–H groups in total. The molecule has 0 spiro atoms. The van der Waals surface area contributed by atoms with Gasteiger partial charge in [0.15, 0.2) is 11.6 Å². The van der Waals surface area contributed by atoms with E-state index in [1.165, 1.54) is 0 Å². The average Bonchev–Trinajstić information content (AvgIpc) is 2.69. The van der Waals surface area contributed by atoms with Gasteiger partial charge in [0.05, 0.1) is 24.0 Å². The summed E-state index contributed by atoms with van der Waals surface area (Å²) < 4.78 is 19.1. The van der Waals surface area contributed by atoms with Crippen LogP contribution < -0.4 is 5.32 Å². The highest BCUT2D eigenvalue weighted by Crippen LogP contribution is 2.52. The van der Waals surface area contributed by atoms with Crippen molar-refractivity contribution in [2.24, 2.45) is 5.92 Å². The van der Waals surface area contributed by atoms with Crippen LogP contribution in [0.3, 0.4) is 0 Å². The van der Waals surface area contributed by atoms with Crippen molar-refractivity contribution < 1.29 is 13.9 Å². The predicted molar refractivity (Wildman–Crippen MR) is 114 cm³/mol. The van der Waals surface area contributed by atoms with E-state index in [1.54, 1.807) is 0 Å². The van der Waals surface area contributed by atoms with E-state index < -0.39 is 5.82 Å². The molecule has 160 valence electrons. The quantitative estimate of drug-likeness (QED) is 0.767. The van der Waals surface area contributed by atoms with Crippen LogP contribution in [0, 0.1) is 18.7 Å². The lowest BCUT2D eigenvalue weighted by Crippen LogP contribution is -2.76. The second-order valence-corrected chi connectivity index (χ2v) is 8.66. The Hall–Kier alpha value is -2.54. The lowest BCUT2D eigenvalue weighted by molar-refractivity contribution is -0.162. The van der Waals surface area contributed by atoms with Crippen LogP contribution in [0.4, 0.5) is 14.9 Å². The SMILES string of the molecule is CCO[C@H](C)[C@]12C[C@@H](C)C[C@H](C1)N2C(=O)Nc1ccc(C)c(-c2ncc(F)cn2)c1. The number of nitrogens with zero attached hydrogens (tertiary/aromatic N) is 3. The third-order valence-corrected chi connectivity index (χ3v) is 6.55. The minimum Gasteiger partial charge on any atom is -0.376 e. The highest BCUT2D eigenvalue weighted by atomic mass is 19.1. The third-order valence-electron chi connectivity index (χ3n) is 6.55. The van der Waals surface area contributed by atoms with E-state index in [2.05, 4.69) is 29.1 Å². The second-order valence-electron chi connectivity index (χ2n) is 8.66. The Morgan fingerprint density at radius 3 is 2.80 bits per heavy atom. The Morgan fingerprint density at radius 2 is 2.10 bits per heavy atom. The van der Waals surface area contributed by atoms with Gasteiger partial charge in [-0.15, -0.1) is 0 Å². The van der Waals surface area contributed by atoms with Gasteiger partial charge in [-0.2, -0.15) is 0 Å². The fourth-order valence-electron chi connectivity index (χ4n) is 5.25. The van der Waals surface area contributed by atoms with Crippen molar-refractivity contribution in [3.05, 3.63) is 42.0 Å². The standard InChI is InChI=1S/C23H29FN4O2/c1-5-30-16(4)23-10-14(2)8-19(11-23)28(23)22(29)27-18-7-6-15(3)20(9-18)21-25-12-17(24)13-26-21/h6-7,9,12-14,16,19H,5,8,10-11H2,1-4H3,(H,27,29)/t14-,16+,19+,23-/m0/s1. The molecule has 1 aromatic heterocycles.